The Morgan fingerprint density at radius 2 is 1.90 bits per heavy atom. The van der Waals surface area contributed by atoms with Gasteiger partial charge in [0.25, 0.3) is 0 Å². The molecule has 2 heterocycles. The molecule has 0 atom stereocenters. The first-order valence-corrected chi connectivity index (χ1v) is 10.4. The minimum atomic E-state index is -3.79. The predicted octanol–water partition coefficient (Wildman–Crippen LogP) is 2.64. The van der Waals surface area contributed by atoms with E-state index in [4.69, 9.17) is 4.74 Å². The van der Waals surface area contributed by atoms with Crippen LogP contribution in [0.15, 0.2) is 29.7 Å². The second-order valence-corrected chi connectivity index (χ2v) is 8.08. The molecular formula is C18H15F3N4O4S. The summed E-state index contributed by atoms with van der Waals surface area (Å²) in [5, 5.41) is -0.528. The number of imidazole rings is 1. The van der Waals surface area contributed by atoms with Gasteiger partial charge in [-0.1, -0.05) is 0 Å². The topological polar surface area (TPSA) is 104 Å². The fourth-order valence-corrected chi connectivity index (χ4v) is 3.10. The highest BCUT2D eigenvalue weighted by Gasteiger charge is 2.24. The third kappa shape index (κ3) is 3.90. The van der Waals surface area contributed by atoms with E-state index in [1.807, 2.05) is 0 Å². The number of halogens is 3. The number of esters is 1. The zero-order valence-electron chi connectivity index (χ0n) is 16.0. The molecule has 0 saturated carbocycles. The van der Waals surface area contributed by atoms with Crippen LogP contribution in [-0.2, 0) is 14.6 Å². The fourth-order valence-electron chi connectivity index (χ4n) is 2.59. The average Bonchev–Trinajstić information content (AvgIpc) is 3.14. The van der Waals surface area contributed by atoms with Crippen LogP contribution in [-0.4, -0.2) is 46.8 Å². The molecule has 0 radical (unpaired) electrons. The lowest BCUT2D eigenvalue weighted by molar-refractivity contribution is 0.0520. The highest BCUT2D eigenvalue weighted by atomic mass is 32.2. The average molecular weight is 440 g/mol. The number of carbonyl (C=O) groups excluding carboxylic acids is 1. The third-order valence-electron chi connectivity index (χ3n) is 4.00. The summed E-state index contributed by atoms with van der Waals surface area (Å²) < 4.78 is 71.9. The molecule has 0 amide bonds. The van der Waals surface area contributed by atoms with Crippen LogP contribution >= 0.6 is 0 Å². The van der Waals surface area contributed by atoms with E-state index >= 15 is 0 Å². The van der Waals surface area contributed by atoms with E-state index in [2.05, 4.69) is 15.0 Å². The summed E-state index contributed by atoms with van der Waals surface area (Å²) in [6, 6.07) is 1.86. The van der Waals surface area contributed by atoms with Gasteiger partial charge >= 0.3 is 5.97 Å². The van der Waals surface area contributed by atoms with Gasteiger partial charge < -0.3 is 4.74 Å². The van der Waals surface area contributed by atoms with Gasteiger partial charge in [0.15, 0.2) is 17.3 Å². The summed E-state index contributed by atoms with van der Waals surface area (Å²) in [6.45, 7) is 2.64. The Morgan fingerprint density at radius 1 is 1.20 bits per heavy atom. The molecule has 0 fully saturated rings. The molecule has 0 spiro atoms. The normalized spacial score (nSPS) is 11.5. The van der Waals surface area contributed by atoms with Gasteiger partial charge in [0, 0.05) is 24.2 Å². The number of rotatable bonds is 5. The number of sulfone groups is 1. The van der Waals surface area contributed by atoms with E-state index in [1.165, 1.54) is 6.07 Å². The lowest BCUT2D eigenvalue weighted by Crippen LogP contribution is -2.08. The van der Waals surface area contributed by atoms with Crippen molar-refractivity contribution in [3.8, 4) is 17.2 Å². The van der Waals surface area contributed by atoms with Crippen molar-refractivity contribution < 1.29 is 31.1 Å². The summed E-state index contributed by atoms with van der Waals surface area (Å²) in [7, 11) is -3.79. The van der Waals surface area contributed by atoms with E-state index in [0.29, 0.717) is 6.07 Å². The minimum absolute atomic E-state index is 0.0331. The highest BCUT2D eigenvalue weighted by Crippen LogP contribution is 2.29. The molecule has 3 aromatic rings. The van der Waals surface area contributed by atoms with Crippen LogP contribution in [0.5, 0.6) is 0 Å². The lowest BCUT2D eigenvalue weighted by Gasteiger charge is -2.10. The Labute approximate surface area is 169 Å². The highest BCUT2D eigenvalue weighted by molar-refractivity contribution is 7.90. The second kappa shape index (κ2) is 7.86. The van der Waals surface area contributed by atoms with E-state index in [-0.39, 0.29) is 23.9 Å². The lowest BCUT2D eigenvalue weighted by atomic mass is 10.1. The predicted molar refractivity (Wildman–Crippen MR) is 98.3 cm³/mol. The van der Waals surface area contributed by atoms with Gasteiger partial charge in [0.2, 0.25) is 15.0 Å². The monoisotopic (exact) mass is 440 g/mol. The van der Waals surface area contributed by atoms with Crippen LogP contribution in [0.25, 0.3) is 17.2 Å². The number of carbonyl (C=O) groups is 1. The molecular weight excluding hydrogens is 425 g/mol. The molecule has 12 heteroatoms. The number of ether oxygens (including phenoxy) is 1. The van der Waals surface area contributed by atoms with Gasteiger partial charge in [-0.05, 0) is 26.0 Å². The molecule has 0 aliphatic rings. The standard InChI is InChI=1S/C18H15F3N4O4S/c1-4-29-17(26)12-8-25(13-5-6-22-18(24-13)30(3,27)28)16(23-12)10-7-11(19)15(21)9(2)14(10)20/h5-8H,4H2,1-3H3. The first-order chi connectivity index (χ1) is 14.0. The molecule has 3 rings (SSSR count). The molecule has 0 unspecified atom stereocenters. The molecule has 1 aromatic carbocycles. The summed E-state index contributed by atoms with van der Waals surface area (Å²) >= 11 is 0. The maximum Gasteiger partial charge on any atom is 0.358 e. The van der Waals surface area contributed by atoms with Crippen molar-refractivity contribution in [1.29, 1.82) is 0 Å². The van der Waals surface area contributed by atoms with Gasteiger partial charge in [-0.25, -0.2) is 41.3 Å². The zero-order chi connectivity index (χ0) is 22.2. The quantitative estimate of drug-likeness (QED) is 0.341. The summed E-state index contributed by atoms with van der Waals surface area (Å²) in [5.41, 5.74) is -1.31. The maximum atomic E-state index is 14.7. The molecule has 0 aliphatic carbocycles. The number of nitrogens with zero attached hydrogens (tertiary/aromatic N) is 4. The molecule has 158 valence electrons. The van der Waals surface area contributed by atoms with Gasteiger partial charge in [0.05, 0.1) is 12.2 Å². The molecule has 8 nitrogen and oxygen atoms in total. The first-order valence-electron chi connectivity index (χ1n) is 8.49. The molecule has 2 aromatic heterocycles. The Balaban J connectivity index is 2.30. The van der Waals surface area contributed by atoms with Crippen LogP contribution in [0.1, 0.15) is 23.0 Å². The second-order valence-electron chi connectivity index (χ2n) is 6.17. The molecule has 0 saturated heterocycles. The van der Waals surface area contributed by atoms with Crippen LogP contribution in [0, 0.1) is 24.4 Å². The van der Waals surface area contributed by atoms with Crippen molar-refractivity contribution in [1.82, 2.24) is 19.5 Å². The summed E-state index contributed by atoms with van der Waals surface area (Å²) in [6.07, 6.45) is 3.15. The van der Waals surface area contributed by atoms with Crippen molar-refractivity contribution in [2.75, 3.05) is 12.9 Å². The number of hydrogen-bond acceptors (Lipinski definition) is 7. The van der Waals surface area contributed by atoms with Crippen LogP contribution in [0.4, 0.5) is 13.2 Å². The minimum Gasteiger partial charge on any atom is -0.461 e. The third-order valence-corrected chi connectivity index (χ3v) is 4.86. The van der Waals surface area contributed by atoms with E-state index < -0.39 is 49.5 Å². The van der Waals surface area contributed by atoms with Crippen molar-refractivity contribution in [2.24, 2.45) is 0 Å². The van der Waals surface area contributed by atoms with Crippen LogP contribution < -0.4 is 0 Å². The molecule has 0 aliphatic heterocycles. The first kappa shape index (κ1) is 21.4. The molecule has 0 bridgehead atoms. The summed E-state index contributed by atoms with van der Waals surface area (Å²) in [5.74, 6) is -5.04. The Kier molecular flexibility index (Phi) is 5.61. The van der Waals surface area contributed by atoms with E-state index in [9.17, 15) is 26.4 Å². The molecule has 0 N–H and O–H groups in total. The Morgan fingerprint density at radius 3 is 2.53 bits per heavy atom. The largest absolute Gasteiger partial charge is 0.461 e. The number of hydrogen-bond donors (Lipinski definition) is 0. The van der Waals surface area contributed by atoms with Crippen LogP contribution in [0.2, 0.25) is 0 Å². The SMILES string of the molecule is CCOC(=O)c1cn(-c2ccnc(S(C)(=O)=O)n2)c(-c2cc(F)c(F)c(C)c2F)n1. The smallest absolute Gasteiger partial charge is 0.358 e. The van der Waals surface area contributed by atoms with Gasteiger partial charge in [-0.3, -0.25) is 4.57 Å². The van der Waals surface area contributed by atoms with Crippen LogP contribution in [0.3, 0.4) is 0 Å². The number of benzene rings is 1. The zero-order valence-corrected chi connectivity index (χ0v) is 16.8. The van der Waals surface area contributed by atoms with Gasteiger partial charge in [-0.15, -0.1) is 0 Å². The Bertz CT molecular complexity index is 1260. The van der Waals surface area contributed by atoms with Crippen molar-refractivity contribution in [3.05, 3.63) is 53.2 Å². The fraction of sp³-hybridized carbons (Fsp3) is 0.222. The molecule has 30 heavy (non-hydrogen) atoms. The van der Waals surface area contributed by atoms with Crippen molar-refractivity contribution in [2.45, 2.75) is 19.0 Å². The Hall–Kier alpha value is -3.28. The number of aromatic nitrogens is 4. The van der Waals surface area contributed by atoms with Gasteiger partial charge in [0.1, 0.15) is 17.5 Å². The van der Waals surface area contributed by atoms with Gasteiger partial charge in [-0.2, -0.15) is 0 Å². The van der Waals surface area contributed by atoms with Crippen molar-refractivity contribution in [3.63, 3.8) is 0 Å². The van der Waals surface area contributed by atoms with E-state index in [0.717, 1.165) is 30.1 Å². The summed E-state index contributed by atoms with van der Waals surface area (Å²) in [4.78, 5) is 23.7. The van der Waals surface area contributed by atoms with E-state index in [1.54, 1.807) is 6.92 Å². The van der Waals surface area contributed by atoms with Crippen molar-refractivity contribution >= 4 is 15.8 Å². The maximum absolute atomic E-state index is 14.7.